The number of nitrogen functional groups attached to an aromatic ring is 1. The number of halogens is 2. The van der Waals surface area contributed by atoms with Gasteiger partial charge < -0.3 is 10.5 Å². The van der Waals surface area contributed by atoms with E-state index in [1.165, 1.54) is 12.3 Å². The van der Waals surface area contributed by atoms with E-state index in [9.17, 15) is 4.39 Å². The fourth-order valence-corrected chi connectivity index (χ4v) is 1.84. The van der Waals surface area contributed by atoms with Gasteiger partial charge in [0.2, 0.25) is 5.88 Å². The summed E-state index contributed by atoms with van der Waals surface area (Å²) in [6.07, 6.45) is 1.51. The molecule has 6 heteroatoms. The number of benzene rings is 1. The van der Waals surface area contributed by atoms with Crippen molar-refractivity contribution in [3.05, 3.63) is 45.8 Å². The molecule has 2 aromatic rings. The van der Waals surface area contributed by atoms with Crippen molar-refractivity contribution in [3.8, 4) is 17.7 Å². The van der Waals surface area contributed by atoms with Crippen LogP contribution in [0.5, 0.6) is 11.6 Å². The van der Waals surface area contributed by atoms with Gasteiger partial charge >= 0.3 is 0 Å². The highest BCUT2D eigenvalue weighted by Crippen LogP contribution is 2.32. The lowest BCUT2D eigenvalue weighted by molar-refractivity contribution is 0.458. The number of nitriles is 1. The predicted molar refractivity (Wildman–Crippen MR) is 72.3 cm³/mol. The Morgan fingerprint density at radius 3 is 2.89 bits per heavy atom. The Morgan fingerprint density at radius 2 is 2.21 bits per heavy atom. The van der Waals surface area contributed by atoms with E-state index in [1.807, 2.05) is 6.07 Å². The second-order valence-corrected chi connectivity index (χ2v) is 4.68. The summed E-state index contributed by atoms with van der Waals surface area (Å²) in [6, 6.07) is 6.23. The number of ether oxygens (including phenoxy) is 1. The van der Waals surface area contributed by atoms with Gasteiger partial charge in [-0.05, 0) is 40.5 Å². The van der Waals surface area contributed by atoms with Crippen LogP contribution in [0.4, 0.5) is 10.1 Å². The molecule has 0 saturated carbocycles. The van der Waals surface area contributed by atoms with E-state index < -0.39 is 5.82 Å². The zero-order valence-corrected chi connectivity index (χ0v) is 11.5. The Morgan fingerprint density at radius 1 is 1.47 bits per heavy atom. The van der Waals surface area contributed by atoms with Crippen LogP contribution in [-0.4, -0.2) is 4.98 Å². The minimum absolute atomic E-state index is 0.107. The van der Waals surface area contributed by atoms with Gasteiger partial charge in [0.05, 0.1) is 10.2 Å². The average molecular weight is 322 g/mol. The van der Waals surface area contributed by atoms with E-state index in [-0.39, 0.29) is 21.8 Å². The minimum Gasteiger partial charge on any atom is -0.435 e. The van der Waals surface area contributed by atoms with Gasteiger partial charge in [-0.15, -0.1) is 0 Å². The molecule has 0 aliphatic heterocycles. The maximum absolute atomic E-state index is 13.5. The topological polar surface area (TPSA) is 71.9 Å². The fourth-order valence-electron chi connectivity index (χ4n) is 1.48. The van der Waals surface area contributed by atoms with Gasteiger partial charge in [0.25, 0.3) is 0 Å². The van der Waals surface area contributed by atoms with Crippen LogP contribution in [0.2, 0.25) is 0 Å². The Kier molecular flexibility index (Phi) is 3.67. The van der Waals surface area contributed by atoms with Crippen molar-refractivity contribution < 1.29 is 9.13 Å². The molecule has 0 aliphatic rings. The van der Waals surface area contributed by atoms with Crippen LogP contribution in [0.1, 0.15) is 11.1 Å². The summed E-state index contributed by atoms with van der Waals surface area (Å²) in [5, 5.41) is 9.06. The molecular weight excluding hydrogens is 313 g/mol. The summed E-state index contributed by atoms with van der Waals surface area (Å²) < 4.78 is 19.1. The number of nitrogens with zero attached hydrogens (tertiary/aromatic N) is 2. The van der Waals surface area contributed by atoms with Crippen molar-refractivity contribution in [2.24, 2.45) is 0 Å². The van der Waals surface area contributed by atoms with Crippen molar-refractivity contribution in [3.63, 3.8) is 0 Å². The molecule has 0 fully saturated rings. The lowest BCUT2D eigenvalue weighted by atomic mass is 10.2. The first kappa shape index (κ1) is 13.3. The number of aryl methyl sites for hydroxylation is 1. The van der Waals surface area contributed by atoms with E-state index in [4.69, 9.17) is 15.7 Å². The largest absolute Gasteiger partial charge is 0.435 e. The monoisotopic (exact) mass is 321 g/mol. The van der Waals surface area contributed by atoms with Crippen LogP contribution in [0.15, 0.2) is 28.9 Å². The van der Waals surface area contributed by atoms with Gasteiger partial charge in [0.15, 0.2) is 5.75 Å². The van der Waals surface area contributed by atoms with Crippen LogP contribution >= 0.6 is 15.9 Å². The Bertz CT molecular complexity index is 682. The molecule has 1 aromatic heterocycles. The van der Waals surface area contributed by atoms with Crippen molar-refractivity contribution in [2.75, 3.05) is 5.73 Å². The first-order valence-electron chi connectivity index (χ1n) is 5.31. The third-order valence-corrected chi connectivity index (χ3v) is 3.10. The second-order valence-electron chi connectivity index (χ2n) is 3.83. The SMILES string of the molecule is Cc1ccnc(Oc2cc(F)c(Br)cc2N)c1C#N. The van der Waals surface area contributed by atoms with E-state index in [1.54, 1.807) is 13.0 Å². The number of pyridine rings is 1. The zero-order valence-electron chi connectivity index (χ0n) is 9.95. The highest BCUT2D eigenvalue weighted by Gasteiger charge is 2.13. The molecule has 0 bridgehead atoms. The van der Waals surface area contributed by atoms with E-state index in [0.717, 1.165) is 11.6 Å². The maximum atomic E-state index is 13.5. The molecule has 0 atom stereocenters. The number of nitrogens with two attached hydrogens (primary N) is 1. The van der Waals surface area contributed by atoms with Crippen molar-refractivity contribution >= 4 is 21.6 Å². The van der Waals surface area contributed by atoms with E-state index >= 15 is 0 Å². The second kappa shape index (κ2) is 5.24. The molecular formula is C13H9BrFN3O. The van der Waals surface area contributed by atoms with Gasteiger partial charge in [-0.25, -0.2) is 9.37 Å². The van der Waals surface area contributed by atoms with Gasteiger partial charge in [0, 0.05) is 12.3 Å². The molecule has 0 saturated heterocycles. The van der Waals surface area contributed by atoms with Crippen LogP contribution < -0.4 is 10.5 Å². The van der Waals surface area contributed by atoms with Crippen molar-refractivity contribution in [1.82, 2.24) is 4.98 Å². The van der Waals surface area contributed by atoms with Crippen LogP contribution in [0.25, 0.3) is 0 Å². The molecule has 1 aromatic carbocycles. The molecule has 0 amide bonds. The first-order valence-corrected chi connectivity index (χ1v) is 6.10. The van der Waals surface area contributed by atoms with Crippen molar-refractivity contribution in [1.29, 1.82) is 5.26 Å². The van der Waals surface area contributed by atoms with Gasteiger partial charge in [-0.1, -0.05) is 0 Å². The summed E-state index contributed by atoms with van der Waals surface area (Å²) in [6.45, 7) is 1.76. The summed E-state index contributed by atoms with van der Waals surface area (Å²) in [7, 11) is 0. The normalized spacial score (nSPS) is 10.0. The summed E-state index contributed by atoms with van der Waals surface area (Å²) in [4.78, 5) is 3.96. The summed E-state index contributed by atoms with van der Waals surface area (Å²) >= 11 is 3.03. The van der Waals surface area contributed by atoms with Crippen molar-refractivity contribution in [2.45, 2.75) is 6.92 Å². The predicted octanol–water partition coefficient (Wildman–Crippen LogP) is 3.54. The van der Waals surface area contributed by atoms with Crippen LogP contribution in [0, 0.1) is 24.1 Å². The number of aromatic nitrogens is 1. The number of hydrogen-bond donors (Lipinski definition) is 1. The highest BCUT2D eigenvalue weighted by molar-refractivity contribution is 9.10. The molecule has 0 unspecified atom stereocenters. The quantitative estimate of drug-likeness (QED) is 0.859. The summed E-state index contributed by atoms with van der Waals surface area (Å²) in [5.74, 6) is -0.276. The minimum atomic E-state index is -0.504. The average Bonchev–Trinajstić information content (AvgIpc) is 2.36. The lowest BCUT2D eigenvalue weighted by Gasteiger charge is -2.10. The van der Waals surface area contributed by atoms with Crippen LogP contribution in [-0.2, 0) is 0 Å². The highest BCUT2D eigenvalue weighted by atomic mass is 79.9. The smallest absolute Gasteiger partial charge is 0.237 e. The van der Waals surface area contributed by atoms with E-state index in [2.05, 4.69) is 20.9 Å². The Labute approximate surface area is 117 Å². The molecule has 1 heterocycles. The lowest BCUT2D eigenvalue weighted by Crippen LogP contribution is -1.98. The zero-order chi connectivity index (χ0) is 14.0. The van der Waals surface area contributed by atoms with Crippen LogP contribution in [0.3, 0.4) is 0 Å². The first-order chi connectivity index (χ1) is 9.02. The third kappa shape index (κ3) is 2.66. The molecule has 2 rings (SSSR count). The number of anilines is 1. The molecule has 0 spiro atoms. The summed E-state index contributed by atoms with van der Waals surface area (Å²) in [5.41, 5.74) is 7.01. The fraction of sp³-hybridized carbons (Fsp3) is 0.0769. The maximum Gasteiger partial charge on any atom is 0.237 e. The third-order valence-electron chi connectivity index (χ3n) is 2.50. The number of hydrogen-bond acceptors (Lipinski definition) is 4. The molecule has 0 aliphatic carbocycles. The van der Waals surface area contributed by atoms with E-state index in [0.29, 0.717) is 5.56 Å². The number of rotatable bonds is 2. The standard InChI is InChI=1S/C13H9BrFN3O/c1-7-2-3-18-13(8(7)6-16)19-12-5-10(15)9(14)4-11(12)17/h2-5H,17H2,1H3. The molecule has 4 nitrogen and oxygen atoms in total. The Balaban J connectivity index is 2.45. The van der Waals surface area contributed by atoms with Gasteiger partial charge in [0.1, 0.15) is 17.4 Å². The van der Waals surface area contributed by atoms with Gasteiger partial charge in [-0.3, -0.25) is 0 Å². The molecule has 2 N–H and O–H groups in total. The molecule has 19 heavy (non-hydrogen) atoms. The molecule has 96 valence electrons. The van der Waals surface area contributed by atoms with Gasteiger partial charge in [-0.2, -0.15) is 5.26 Å². The molecule has 0 radical (unpaired) electrons. The Hall–Kier alpha value is -2.13.